The minimum Gasteiger partial charge on any atom is -0.347 e. The highest BCUT2D eigenvalue weighted by Gasteiger charge is 2.45. The second kappa shape index (κ2) is 10.2. The zero-order valence-corrected chi connectivity index (χ0v) is 18.6. The van der Waals surface area contributed by atoms with Gasteiger partial charge in [-0.3, -0.25) is 29.5 Å². The normalized spacial score (nSPS) is 15.5. The summed E-state index contributed by atoms with van der Waals surface area (Å²) >= 11 is 11.4. The Hall–Kier alpha value is -3.50. The van der Waals surface area contributed by atoms with Crippen molar-refractivity contribution in [3.8, 4) is 0 Å². The molecule has 0 radical (unpaired) electrons. The van der Waals surface area contributed by atoms with E-state index in [1.165, 1.54) is 16.8 Å². The summed E-state index contributed by atoms with van der Waals surface area (Å²) in [6, 6.07) is 14.1. The lowest BCUT2D eigenvalue weighted by molar-refractivity contribution is -0.130. The summed E-state index contributed by atoms with van der Waals surface area (Å²) in [5.74, 6) is -1.92. The van der Waals surface area contributed by atoms with Crippen molar-refractivity contribution >= 4 is 63.9 Å². The van der Waals surface area contributed by atoms with Gasteiger partial charge in [0.1, 0.15) is 6.04 Å². The molecule has 0 aliphatic carbocycles. The van der Waals surface area contributed by atoms with Gasteiger partial charge >= 0.3 is 0 Å². The Morgan fingerprint density at radius 1 is 1.06 bits per heavy atom. The molecule has 11 heteroatoms. The molecular weight excluding hydrogens is 454 g/mol. The number of hydrazine groups is 1. The number of benzene rings is 2. The number of para-hydroxylation sites is 1. The van der Waals surface area contributed by atoms with E-state index >= 15 is 0 Å². The topological polar surface area (TPSA) is 111 Å². The average molecular weight is 474 g/mol. The Labute approximate surface area is 194 Å². The van der Waals surface area contributed by atoms with Crippen molar-refractivity contribution in [1.82, 2.24) is 15.8 Å². The number of nitrogens with zero attached hydrogens (tertiary/aromatic N) is 2. The first-order chi connectivity index (χ1) is 15.3. The van der Waals surface area contributed by atoms with Gasteiger partial charge in [0, 0.05) is 17.6 Å². The van der Waals surface area contributed by atoms with Crippen LogP contribution in [0.15, 0.2) is 54.6 Å². The van der Waals surface area contributed by atoms with Gasteiger partial charge in [-0.1, -0.05) is 35.9 Å². The highest BCUT2D eigenvalue weighted by molar-refractivity contribution is 7.80. The molecule has 0 aromatic heterocycles. The van der Waals surface area contributed by atoms with Gasteiger partial charge in [0.15, 0.2) is 0 Å². The van der Waals surface area contributed by atoms with Crippen molar-refractivity contribution < 1.29 is 19.2 Å². The van der Waals surface area contributed by atoms with Gasteiger partial charge in [-0.2, -0.15) is 0 Å². The molecule has 32 heavy (non-hydrogen) atoms. The summed E-state index contributed by atoms with van der Waals surface area (Å²) in [6.07, 6.45) is -0.283. The molecule has 1 aliphatic rings. The molecule has 0 spiro atoms. The minimum atomic E-state index is -1.08. The summed E-state index contributed by atoms with van der Waals surface area (Å²) in [7, 11) is 0. The van der Waals surface area contributed by atoms with Crippen molar-refractivity contribution in [3.63, 3.8) is 0 Å². The summed E-state index contributed by atoms with van der Waals surface area (Å²) in [4.78, 5) is 50.5. The number of hydrogen-bond acceptors (Lipinski definition) is 5. The van der Waals surface area contributed by atoms with E-state index in [9.17, 15) is 19.2 Å². The molecule has 3 rings (SSSR count). The van der Waals surface area contributed by atoms with Gasteiger partial charge in [-0.05, 0) is 42.5 Å². The minimum absolute atomic E-state index is 0.0120. The lowest BCUT2D eigenvalue weighted by Gasteiger charge is -2.24. The van der Waals surface area contributed by atoms with E-state index in [4.69, 9.17) is 23.8 Å². The van der Waals surface area contributed by atoms with E-state index in [1.54, 1.807) is 54.6 Å². The summed E-state index contributed by atoms with van der Waals surface area (Å²) in [5.41, 5.74) is 3.49. The lowest BCUT2D eigenvalue weighted by Crippen LogP contribution is -2.52. The van der Waals surface area contributed by atoms with Crippen LogP contribution in [-0.2, 0) is 19.2 Å². The van der Waals surface area contributed by atoms with Crippen LogP contribution in [-0.4, -0.2) is 46.3 Å². The van der Waals surface area contributed by atoms with Crippen LogP contribution in [0.3, 0.4) is 0 Å². The van der Waals surface area contributed by atoms with Crippen LogP contribution < -0.4 is 21.0 Å². The summed E-state index contributed by atoms with van der Waals surface area (Å²) < 4.78 is 0. The third-order valence-electron chi connectivity index (χ3n) is 4.46. The van der Waals surface area contributed by atoms with E-state index in [2.05, 4.69) is 16.1 Å². The third-order valence-corrected chi connectivity index (χ3v) is 5.07. The van der Waals surface area contributed by atoms with Crippen molar-refractivity contribution in [2.45, 2.75) is 19.4 Å². The van der Waals surface area contributed by atoms with Gasteiger partial charge < -0.3 is 10.6 Å². The number of halogens is 1. The monoisotopic (exact) mass is 473 g/mol. The van der Waals surface area contributed by atoms with Crippen molar-refractivity contribution in [2.75, 3.05) is 16.8 Å². The van der Waals surface area contributed by atoms with Crippen LogP contribution in [0.2, 0.25) is 5.02 Å². The van der Waals surface area contributed by atoms with Crippen LogP contribution in [0.4, 0.5) is 11.4 Å². The molecule has 0 bridgehead atoms. The number of hydrogen-bond donors (Lipinski definition) is 3. The van der Waals surface area contributed by atoms with E-state index < -0.39 is 23.8 Å². The predicted molar refractivity (Wildman–Crippen MR) is 124 cm³/mol. The first-order valence-electron chi connectivity index (χ1n) is 9.58. The van der Waals surface area contributed by atoms with Gasteiger partial charge in [0.05, 0.1) is 18.7 Å². The van der Waals surface area contributed by atoms with Crippen LogP contribution in [0.5, 0.6) is 0 Å². The third kappa shape index (κ3) is 5.59. The lowest BCUT2D eigenvalue weighted by atomic mass is 10.1. The van der Waals surface area contributed by atoms with Crippen molar-refractivity contribution in [1.29, 1.82) is 0 Å². The molecule has 1 atom stereocenters. The predicted octanol–water partition coefficient (Wildman–Crippen LogP) is 1.84. The number of rotatable bonds is 7. The molecule has 1 saturated heterocycles. The fraction of sp³-hybridized carbons (Fsp3) is 0.190. The zero-order valence-electron chi connectivity index (χ0n) is 17.0. The Morgan fingerprint density at radius 3 is 2.44 bits per heavy atom. The molecule has 3 N–H and O–H groups in total. The number of nitrogens with one attached hydrogen (secondary N) is 3. The number of carbonyl (C=O) groups is 4. The molecule has 166 valence electrons. The maximum Gasteiger partial charge on any atom is 0.258 e. The molecule has 2 aromatic carbocycles. The molecule has 1 aliphatic heterocycles. The Bertz CT molecular complexity index is 1070. The molecule has 1 fully saturated rings. The van der Waals surface area contributed by atoms with Gasteiger partial charge in [-0.15, -0.1) is 0 Å². The first-order valence-corrected chi connectivity index (χ1v) is 10.4. The van der Waals surface area contributed by atoms with Crippen LogP contribution in [0, 0.1) is 0 Å². The maximum absolute atomic E-state index is 13.2. The fourth-order valence-electron chi connectivity index (χ4n) is 3.05. The second-order valence-corrected chi connectivity index (χ2v) is 7.69. The van der Waals surface area contributed by atoms with Crippen LogP contribution >= 0.6 is 23.8 Å². The summed E-state index contributed by atoms with van der Waals surface area (Å²) in [5, 5.41) is 6.68. The first kappa shape index (κ1) is 23.2. The highest BCUT2D eigenvalue weighted by Crippen LogP contribution is 2.26. The number of carbonyl (C=O) groups excluding carboxylic acids is 4. The molecule has 4 amide bonds. The Balaban J connectivity index is 1.81. The van der Waals surface area contributed by atoms with E-state index in [0.29, 0.717) is 16.4 Å². The molecular formula is C21H20ClN5O4S. The standard InChI is InChI=1S/C21H20ClN5O4S/c1-13(28)23-12-19(30)25-27-17(11-18(29)24-15-7-5-6-14(22)10-15)20(31)26(21(27)32)16-8-3-2-4-9-16/h2-10,17H,11-12H2,1H3,(H,23,28)(H,24,29)(H,25,30)/t17-/m1/s1. The smallest absolute Gasteiger partial charge is 0.258 e. The molecule has 0 unspecified atom stereocenters. The Morgan fingerprint density at radius 2 is 1.78 bits per heavy atom. The van der Waals surface area contributed by atoms with Gasteiger partial charge in [0.25, 0.3) is 11.8 Å². The van der Waals surface area contributed by atoms with E-state index in [-0.39, 0.29) is 24.0 Å². The molecule has 9 nitrogen and oxygen atoms in total. The number of amides is 4. The van der Waals surface area contributed by atoms with Crippen LogP contribution in [0.1, 0.15) is 13.3 Å². The van der Waals surface area contributed by atoms with E-state index in [1.807, 2.05) is 0 Å². The largest absolute Gasteiger partial charge is 0.347 e. The van der Waals surface area contributed by atoms with Crippen molar-refractivity contribution in [3.05, 3.63) is 59.6 Å². The second-order valence-electron chi connectivity index (χ2n) is 6.88. The number of anilines is 2. The fourth-order valence-corrected chi connectivity index (χ4v) is 3.60. The SMILES string of the molecule is CC(=O)NCC(=O)NN1C(=S)N(c2ccccc2)C(=O)[C@H]1CC(=O)Nc1cccc(Cl)c1. The van der Waals surface area contributed by atoms with Crippen LogP contribution in [0.25, 0.3) is 0 Å². The molecule has 0 saturated carbocycles. The summed E-state index contributed by atoms with van der Waals surface area (Å²) in [6.45, 7) is 0.965. The maximum atomic E-state index is 13.2. The van der Waals surface area contributed by atoms with Crippen molar-refractivity contribution in [2.24, 2.45) is 0 Å². The number of thiocarbonyl (C=S) groups is 1. The zero-order chi connectivity index (χ0) is 23.3. The average Bonchev–Trinajstić information content (AvgIpc) is 2.96. The molecule has 2 aromatic rings. The van der Waals surface area contributed by atoms with Gasteiger partial charge in [0.2, 0.25) is 16.9 Å². The molecule has 1 heterocycles. The quantitative estimate of drug-likeness (QED) is 0.529. The van der Waals surface area contributed by atoms with E-state index in [0.717, 1.165) is 0 Å². The highest BCUT2D eigenvalue weighted by atomic mass is 35.5. The Kier molecular flexibility index (Phi) is 7.39. The van der Waals surface area contributed by atoms with Gasteiger partial charge in [-0.25, -0.2) is 5.01 Å².